The third kappa shape index (κ3) is 2.67. The van der Waals surface area contributed by atoms with Gasteiger partial charge in [-0.25, -0.2) is 0 Å². The normalized spacial score (nSPS) is 11.5. The molecule has 0 aromatic heterocycles. The number of hydrogen-bond donors (Lipinski definition) is 3. The predicted molar refractivity (Wildman–Crippen MR) is 105 cm³/mol. The number of phenolic OH excluding ortho intramolecular Hbond substituents is 3. The van der Waals surface area contributed by atoms with Crippen LogP contribution in [0.25, 0.3) is 0 Å². The van der Waals surface area contributed by atoms with E-state index in [1.54, 1.807) is 75.4 Å². The van der Waals surface area contributed by atoms with Gasteiger partial charge >= 0.3 is 0 Å². The third-order valence-electron chi connectivity index (χ3n) is 4.67. The molecule has 0 fully saturated rings. The minimum atomic E-state index is -3.72. The fourth-order valence-corrected chi connectivity index (χ4v) is 6.17. The van der Waals surface area contributed by atoms with Crippen molar-refractivity contribution in [3.63, 3.8) is 0 Å². The summed E-state index contributed by atoms with van der Waals surface area (Å²) in [5.41, 5.74) is 1.71. The maximum Gasteiger partial charge on any atom is 0.181 e. The number of rotatable bonds is 3. The molecule has 0 radical (unpaired) electrons. The van der Waals surface area contributed by atoms with Crippen LogP contribution in [0.15, 0.2) is 54.6 Å². The predicted octanol–water partition coefficient (Wildman–Crippen LogP) is 3.37. The molecule has 3 aromatic carbocycles. The first-order valence-electron chi connectivity index (χ1n) is 8.26. The SMILES string of the molecule is Cc1cccc(P(=O)(c2cccc(C)c2O)c2cccc(C)c2O)c1O. The summed E-state index contributed by atoms with van der Waals surface area (Å²) >= 11 is 0. The molecule has 0 aliphatic rings. The summed E-state index contributed by atoms with van der Waals surface area (Å²) in [6.45, 7) is 5.15. The van der Waals surface area contributed by atoms with Crippen LogP contribution in [0.1, 0.15) is 16.7 Å². The monoisotopic (exact) mass is 368 g/mol. The van der Waals surface area contributed by atoms with Crippen molar-refractivity contribution in [3.05, 3.63) is 71.3 Å². The fraction of sp³-hybridized carbons (Fsp3) is 0.143. The van der Waals surface area contributed by atoms with Crippen molar-refractivity contribution in [2.75, 3.05) is 0 Å². The summed E-state index contributed by atoms with van der Waals surface area (Å²) in [7, 11) is -3.72. The van der Waals surface area contributed by atoms with Crippen molar-refractivity contribution < 1.29 is 19.9 Å². The molecule has 4 nitrogen and oxygen atoms in total. The van der Waals surface area contributed by atoms with Crippen LogP contribution in [0.4, 0.5) is 0 Å². The second kappa shape index (κ2) is 6.54. The van der Waals surface area contributed by atoms with Gasteiger partial charge in [0.2, 0.25) is 0 Å². The Hall–Kier alpha value is -2.71. The standard InChI is InChI=1S/C21H21O4P/c1-13-7-4-10-16(19(13)22)26(25,17-11-5-8-14(2)20(17)23)18-12-6-9-15(3)21(18)24/h4-12,22-24H,1-3H3. The van der Waals surface area contributed by atoms with E-state index in [0.29, 0.717) is 16.7 Å². The van der Waals surface area contributed by atoms with Gasteiger partial charge in [-0.05, 0) is 55.7 Å². The average molecular weight is 368 g/mol. The zero-order valence-electron chi connectivity index (χ0n) is 14.9. The number of benzene rings is 3. The minimum absolute atomic E-state index is 0.0994. The highest BCUT2D eigenvalue weighted by Crippen LogP contribution is 2.50. The van der Waals surface area contributed by atoms with E-state index in [9.17, 15) is 19.9 Å². The second-order valence-corrected chi connectivity index (χ2v) is 9.10. The van der Waals surface area contributed by atoms with E-state index in [4.69, 9.17) is 0 Å². The number of hydrogen-bond acceptors (Lipinski definition) is 4. The van der Waals surface area contributed by atoms with E-state index in [2.05, 4.69) is 0 Å². The first-order valence-corrected chi connectivity index (χ1v) is 9.96. The Morgan fingerprint density at radius 3 is 1.12 bits per heavy atom. The number of phenols is 3. The Balaban J connectivity index is 2.48. The van der Waals surface area contributed by atoms with Gasteiger partial charge in [-0.1, -0.05) is 36.4 Å². The van der Waals surface area contributed by atoms with Crippen LogP contribution < -0.4 is 15.9 Å². The van der Waals surface area contributed by atoms with Crippen molar-refractivity contribution in [2.24, 2.45) is 0 Å². The molecule has 5 heteroatoms. The Kier molecular flexibility index (Phi) is 4.55. The van der Waals surface area contributed by atoms with Gasteiger partial charge in [0.1, 0.15) is 17.2 Å². The number of aromatic hydroxyl groups is 3. The van der Waals surface area contributed by atoms with Crippen LogP contribution in [0.3, 0.4) is 0 Å². The van der Waals surface area contributed by atoms with Crippen LogP contribution in [0.5, 0.6) is 17.2 Å². The highest BCUT2D eigenvalue weighted by Gasteiger charge is 2.37. The van der Waals surface area contributed by atoms with Crippen molar-refractivity contribution in [1.29, 1.82) is 0 Å². The molecular weight excluding hydrogens is 347 g/mol. The molecule has 3 N–H and O–H groups in total. The molecule has 0 saturated carbocycles. The van der Waals surface area contributed by atoms with E-state index in [0.717, 1.165) is 0 Å². The first-order chi connectivity index (χ1) is 12.3. The van der Waals surface area contributed by atoms with Crippen molar-refractivity contribution in [1.82, 2.24) is 0 Å². The zero-order chi connectivity index (χ0) is 19.1. The van der Waals surface area contributed by atoms with Gasteiger partial charge in [0.25, 0.3) is 0 Å². The van der Waals surface area contributed by atoms with Gasteiger partial charge in [-0.15, -0.1) is 0 Å². The lowest BCUT2D eigenvalue weighted by Crippen LogP contribution is -2.26. The van der Waals surface area contributed by atoms with Crippen molar-refractivity contribution in [2.45, 2.75) is 20.8 Å². The summed E-state index contributed by atoms with van der Waals surface area (Å²) in [6.07, 6.45) is 0. The molecule has 0 saturated heterocycles. The van der Waals surface area contributed by atoms with Gasteiger partial charge in [-0.3, -0.25) is 0 Å². The van der Waals surface area contributed by atoms with E-state index in [-0.39, 0.29) is 33.2 Å². The van der Waals surface area contributed by atoms with E-state index in [1.165, 1.54) is 0 Å². The molecule has 26 heavy (non-hydrogen) atoms. The van der Waals surface area contributed by atoms with Crippen LogP contribution in [-0.4, -0.2) is 15.3 Å². The average Bonchev–Trinajstić information content (AvgIpc) is 2.61. The van der Waals surface area contributed by atoms with E-state index < -0.39 is 7.14 Å². The summed E-state index contributed by atoms with van der Waals surface area (Å²) in [5.74, 6) is -0.298. The number of aryl methyl sites for hydroxylation is 3. The van der Waals surface area contributed by atoms with Crippen molar-refractivity contribution in [3.8, 4) is 17.2 Å². The first kappa shape index (κ1) is 18.1. The summed E-state index contributed by atoms with van der Waals surface area (Å²) in [4.78, 5) is 0. The molecule has 0 atom stereocenters. The molecule has 134 valence electrons. The molecular formula is C21H21O4P. The van der Waals surface area contributed by atoms with E-state index >= 15 is 0 Å². The van der Waals surface area contributed by atoms with Gasteiger partial charge < -0.3 is 19.9 Å². The van der Waals surface area contributed by atoms with Crippen LogP contribution >= 0.6 is 7.14 Å². The smallest absolute Gasteiger partial charge is 0.181 e. The van der Waals surface area contributed by atoms with Crippen LogP contribution in [-0.2, 0) is 4.57 Å². The van der Waals surface area contributed by atoms with Gasteiger partial charge in [0.05, 0.1) is 15.9 Å². The maximum atomic E-state index is 14.5. The molecule has 0 aliphatic carbocycles. The lowest BCUT2D eigenvalue weighted by molar-refractivity contribution is 0.472. The summed E-state index contributed by atoms with van der Waals surface area (Å²) < 4.78 is 14.5. The Morgan fingerprint density at radius 2 is 0.846 bits per heavy atom. The Bertz CT molecular complexity index is 908. The fourth-order valence-electron chi connectivity index (χ4n) is 3.08. The van der Waals surface area contributed by atoms with Gasteiger partial charge in [0.15, 0.2) is 7.14 Å². The molecule has 3 aromatic rings. The van der Waals surface area contributed by atoms with Gasteiger partial charge in [-0.2, -0.15) is 0 Å². The molecule has 0 aliphatic heterocycles. The number of para-hydroxylation sites is 3. The Labute approximate surface area is 152 Å². The summed E-state index contributed by atoms with van der Waals surface area (Å²) in [5, 5.41) is 32.5. The topological polar surface area (TPSA) is 77.8 Å². The van der Waals surface area contributed by atoms with Crippen LogP contribution in [0, 0.1) is 20.8 Å². The van der Waals surface area contributed by atoms with Crippen molar-refractivity contribution >= 4 is 23.1 Å². The maximum absolute atomic E-state index is 14.5. The quantitative estimate of drug-likeness (QED) is 0.620. The largest absolute Gasteiger partial charge is 0.507 e. The zero-order valence-corrected chi connectivity index (χ0v) is 15.8. The molecule has 0 heterocycles. The molecule has 0 spiro atoms. The highest BCUT2D eigenvalue weighted by atomic mass is 31.2. The minimum Gasteiger partial charge on any atom is -0.507 e. The molecule has 0 amide bonds. The summed E-state index contributed by atoms with van der Waals surface area (Å²) in [6, 6.07) is 15.0. The lowest BCUT2D eigenvalue weighted by atomic mass is 10.2. The Morgan fingerprint density at radius 1 is 0.577 bits per heavy atom. The molecule has 0 unspecified atom stereocenters. The van der Waals surface area contributed by atoms with Gasteiger partial charge in [0, 0.05) is 0 Å². The molecule has 0 bridgehead atoms. The second-order valence-electron chi connectivity index (χ2n) is 6.44. The molecule has 3 rings (SSSR count). The third-order valence-corrected chi connectivity index (χ3v) is 7.79. The highest BCUT2D eigenvalue weighted by molar-refractivity contribution is 7.85. The lowest BCUT2D eigenvalue weighted by Gasteiger charge is -2.24. The van der Waals surface area contributed by atoms with E-state index in [1.807, 2.05) is 0 Å². The van der Waals surface area contributed by atoms with Crippen LogP contribution in [0.2, 0.25) is 0 Å².